The van der Waals surface area contributed by atoms with E-state index in [-0.39, 0.29) is 16.8 Å². The monoisotopic (exact) mass is 568 g/mol. The van der Waals surface area contributed by atoms with E-state index >= 15 is 0 Å². The smallest absolute Gasteiger partial charge is 0.335 e. The maximum Gasteiger partial charge on any atom is 0.335 e. The minimum atomic E-state index is -1.11. The number of aryl methyl sites for hydroxylation is 1. The van der Waals surface area contributed by atoms with Crippen molar-refractivity contribution in [2.75, 3.05) is 12.4 Å². The van der Waals surface area contributed by atoms with Crippen LogP contribution in [0.2, 0.25) is 0 Å². The third kappa shape index (κ3) is 6.14. The van der Waals surface area contributed by atoms with Gasteiger partial charge in [-0.1, -0.05) is 30.3 Å². The van der Waals surface area contributed by atoms with E-state index in [0.717, 1.165) is 14.7 Å². The lowest BCUT2D eigenvalue weighted by Gasteiger charge is -2.15. The van der Waals surface area contributed by atoms with E-state index in [9.17, 15) is 14.9 Å². The average Bonchev–Trinajstić information content (AvgIpc) is 2.82. The maximum atomic E-state index is 12.6. The second-order valence-corrected chi connectivity index (χ2v) is 8.42. The normalized spacial score (nSPS) is 10.8. The molecule has 0 saturated carbocycles. The number of amides is 1. The summed E-state index contributed by atoms with van der Waals surface area (Å²) in [6.07, 6.45) is 1.44. The molecule has 0 unspecified atom stereocenters. The number of rotatable bonds is 8. The Labute approximate surface area is 210 Å². The second kappa shape index (κ2) is 11.3. The van der Waals surface area contributed by atoms with Gasteiger partial charge in [0.15, 0.2) is 11.5 Å². The zero-order valence-electron chi connectivity index (χ0n) is 18.5. The van der Waals surface area contributed by atoms with Gasteiger partial charge < -0.3 is 19.9 Å². The molecule has 0 aliphatic carbocycles. The minimum Gasteiger partial charge on any atom is -0.493 e. The SMILES string of the molecule is COc1cc(/C=C(/C#N)C(=O)Nc2cccc(C(=O)O)c2)cc(I)c1OCc1ccccc1C. The van der Waals surface area contributed by atoms with Crippen LogP contribution in [-0.2, 0) is 11.4 Å². The Bertz CT molecular complexity index is 1310. The van der Waals surface area contributed by atoms with Crippen LogP contribution >= 0.6 is 22.6 Å². The molecule has 0 aliphatic heterocycles. The predicted molar refractivity (Wildman–Crippen MR) is 137 cm³/mol. The summed E-state index contributed by atoms with van der Waals surface area (Å²) in [6.45, 7) is 2.39. The molecule has 34 heavy (non-hydrogen) atoms. The Morgan fingerprint density at radius 2 is 1.91 bits per heavy atom. The lowest BCUT2D eigenvalue weighted by molar-refractivity contribution is -0.112. The molecule has 0 fully saturated rings. The molecule has 0 atom stereocenters. The first-order chi connectivity index (χ1) is 16.3. The van der Waals surface area contributed by atoms with E-state index in [2.05, 4.69) is 27.9 Å². The standard InChI is InChI=1S/C26H21IN2O5/c1-16-6-3-4-7-19(16)15-34-24-22(27)11-17(12-23(24)33-2)10-20(14-28)25(30)29-21-9-5-8-18(13-21)26(31)32/h3-13H,15H2,1-2H3,(H,29,30)(H,31,32)/b20-10-. The zero-order chi connectivity index (χ0) is 24.7. The lowest BCUT2D eigenvalue weighted by Crippen LogP contribution is -2.14. The van der Waals surface area contributed by atoms with Crippen molar-refractivity contribution in [2.45, 2.75) is 13.5 Å². The lowest BCUT2D eigenvalue weighted by atomic mass is 10.1. The number of aromatic carboxylic acids is 1. The van der Waals surface area contributed by atoms with Crippen LogP contribution < -0.4 is 14.8 Å². The van der Waals surface area contributed by atoms with Gasteiger partial charge in [-0.2, -0.15) is 5.26 Å². The first kappa shape index (κ1) is 24.8. The van der Waals surface area contributed by atoms with E-state index in [4.69, 9.17) is 14.6 Å². The fourth-order valence-electron chi connectivity index (χ4n) is 3.13. The van der Waals surface area contributed by atoms with Crippen molar-refractivity contribution < 1.29 is 24.2 Å². The predicted octanol–water partition coefficient (Wildman–Crippen LogP) is 5.43. The molecule has 1 amide bonds. The Morgan fingerprint density at radius 1 is 1.15 bits per heavy atom. The number of carboxylic acids is 1. The van der Waals surface area contributed by atoms with Crippen molar-refractivity contribution in [3.05, 3.63) is 92.1 Å². The molecule has 0 bridgehead atoms. The van der Waals surface area contributed by atoms with Crippen LogP contribution in [-0.4, -0.2) is 24.1 Å². The quantitative estimate of drug-likeness (QED) is 0.213. The number of anilines is 1. The molecule has 8 heteroatoms. The summed E-state index contributed by atoms with van der Waals surface area (Å²) in [6, 6.07) is 19.1. The molecule has 0 radical (unpaired) electrons. The van der Waals surface area contributed by atoms with Crippen molar-refractivity contribution in [3.8, 4) is 17.6 Å². The molecular formula is C26H21IN2O5. The number of carbonyl (C=O) groups excluding carboxylic acids is 1. The molecule has 0 spiro atoms. The van der Waals surface area contributed by atoms with Gasteiger partial charge in [0, 0.05) is 5.69 Å². The zero-order valence-corrected chi connectivity index (χ0v) is 20.6. The molecule has 3 aromatic carbocycles. The van der Waals surface area contributed by atoms with Gasteiger partial charge in [-0.3, -0.25) is 4.79 Å². The van der Waals surface area contributed by atoms with E-state index < -0.39 is 11.9 Å². The molecule has 0 heterocycles. The number of hydrogen-bond acceptors (Lipinski definition) is 5. The van der Waals surface area contributed by atoms with Gasteiger partial charge in [-0.25, -0.2) is 4.79 Å². The van der Waals surface area contributed by atoms with Crippen molar-refractivity contribution >= 4 is 46.2 Å². The van der Waals surface area contributed by atoms with Crippen LogP contribution in [0.3, 0.4) is 0 Å². The van der Waals surface area contributed by atoms with E-state index in [1.54, 1.807) is 18.2 Å². The van der Waals surface area contributed by atoms with Gasteiger partial charge >= 0.3 is 5.97 Å². The summed E-state index contributed by atoms with van der Waals surface area (Å²) in [7, 11) is 1.52. The highest BCUT2D eigenvalue weighted by molar-refractivity contribution is 14.1. The number of carbonyl (C=O) groups is 2. The van der Waals surface area contributed by atoms with E-state index in [1.807, 2.05) is 37.3 Å². The number of hydrogen-bond donors (Lipinski definition) is 2. The highest BCUT2D eigenvalue weighted by atomic mass is 127. The second-order valence-electron chi connectivity index (χ2n) is 7.26. The molecule has 3 aromatic rings. The fourth-order valence-corrected chi connectivity index (χ4v) is 3.91. The van der Waals surface area contributed by atoms with Gasteiger partial charge in [0.1, 0.15) is 18.2 Å². The van der Waals surface area contributed by atoms with Gasteiger partial charge in [0.25, 0.3) is 5.91 Å². The summed E-state index contributed by atoms with van der Waals surface area (Å²) in [5.74, 6) is -0.729. The number of ether oxygens (including phenoxy) is 2. The first-order valence-electron chi connectivity index (χ1n) is 10.1. The maximum absolute atomic E-state index is 12.6. The van der Waals surface area contributed by atoms with Crippen LogP contribution in [0.5, 0.6) is 11.5 Å². The van der Waals surface area contributed by atoms with Crippen molar-refractivity contribution in [2.24, 2.45) is 0 Å². The van der Waals surface area contributed by atoms with Gasteiger partial charge in [0.2, 0.25) is 0 Å². The van der Waals surface area contributed by atoms with Crippen LogP contribution in [0.25, 0.3) is 6.08 Å². The highest BCUT2D eigenvalue weighted by Crippen LogP contribution is 2.35. The van der Waals surface area contributed by atoms with Gasteiger partial charge in [0.05, 0.1) is 16.2 Å². The molecule has 3 rings (SSSR count). The van der Waals surface area contributed by atoms with Gasteiger partial charge in [-0.05, 0) is 82.6 Å². The molecule has 0 aromatic heterocycles. The summed E-state index contributed by atoms with van der Waals surface area (Å²) in [4.78, 5) is 23.8. The van der Waals surface area contributed by atoms with E-state index in [1.165, 1.54) is 31.4 Å². The molecule has 7 nitrogen and oxygen atoms in total. The number of nitrogens with one attached hydrogen (secondary N) is 1. The molecule has 2 N–H and O–H groups in total. The summed E-state index contributed by atoms with van der Waals surface area (Å²) in [5, 5.41) is 21.2. The minimum absolute atomic E-state index is 0.0286. The van der Waals surface area contributed by atoms with E-state index in [0.29, 0.717) is 23.7 Å². The topological polar surface area (TPSA) is 109 Å². The number of methoxy groups -OCH3 is 1. The van der Waals surface area contributed by atoms with Crippen molar-refractivity contribution in [1.29, 1.82) is 5.26 Å². The molecule has 0 saturated heterocycles. The highest BCUT2D eigenvalue weighted by Gasteiger charge is 2.15. The average molecular weight is 568 g/mol. The Balaban J connectivity index is 1.83. The number of halogens is 1. The molecule has 0 aliphatic rings. The van der Waals surface area contributed by atoms with Crippen LogP contribution in [0.1, 0.15) is 27.0 Å². The third-order valence-corrected chi connectivity index (χ3v) is 5.73. The van der Waals surface area contributed by atoms with Crippen molar-refractivity contribution in [3.63, 3.8) is 0 Å². The Kier molecular flexibility index (Phi) is 8.27. The van der Waals surface area contributed by atoms with Crippen LogP contribution in [0, 0.1) is 21.8 Å². The third-order valence-electron chi connectivity index (χ3n) is 4.93. The van der Waals surface area contributed by atoms with Crippen LogP contribution in [0.15, 0.2) is 66.2 Å². The molecular weight excluding hydrogens is 547 g/mol. The number of nitrogens with zero attached hydrogens (tertiary/aromatic N) is 1. The summed E-state index contributed by atoms with van der Waals surface area (Å²) >= 11 is 2.12. The Morgan fingerprint density at radius 3 is 2.59 bits per heavy atom. The summed E-state index contributed by atoms with van der Waals surface area (Å²) < 4.78 is 12.3. The number of benzene rings is 3. The summed E-state index contributed by atoms with van der Waals surface area (Å²) in [5.41, 5.74) is 2.91. The fraction of sp³-hybridized carbons (Fsp3) is 0.115. The number of nitriles is 1. The molecule has 172 valence electrons. The Hall–Kier alpha value is -3.84. The first-order valence-corrected chi connectivity index (χ1v) is 11.2. The van der Waals surface area contributed by atoms with Crippen molar-refractivity contribution in [1.82, 2.24) is 0 Å². The number of carboxylic acid groups (broad SMARTS) is 1. The van der Waals surface area contributed by atoms with Gasteiger partial charge in [-0.15, -0.1) is 0 Å². The van der Waals surface area contributed by atoms with Crippen LogP contribution in [0.4, 0.5) is 5.69 Å². The largest absolute Gasteiger partial charge is 0.493 e.